The number of benzene rings is 1. The molecule has 0 spiro atoms. The van der Waals surface area contributed by atoms with Gasteiger partial charge in [0.25, 0.3) is 0 Å². The summed E-state index contributed by atoms with van der Waals surface area (Å²) in [5, 5.41) is 1.33. The number of hydrogen-bond donors (Lipinski definition) is 0. The fourth-order valence-electron chi connectivity index (χ4n) is 3.03. The van der Waals surface area contributed by atoms with Crippen LogP contribution in [0.5, 0.6) is 0 Å². The zero-order valence-electron chi connectivity index (χ0n) is 11.3. The number of hydrogen-bond acceptors (Lipinski definition) is 2. The van der Waals surface area contributed by atoms with Gasteiger partial charge in [0.15, 0.2) is 0 Å². The van der Waals surface area contributed by atoms with E-state index in [0.29, 0.717) is 12.5 Å². The molecule has 0 amide bonds. The minimum absolute atomic E-state index is 0.176. The smallest absolute Gasteiger partial charge is 0.302 e. The van der Waals surface area contributed by atoms with Crippen LogP contribution >= 0.6 is 0 Å². The van der Waals surface area contributed by atoms with Crippen molar-refractivity contribution in [1.82, 2.24) is 4.57 Å². The molecule has 0 bridgehead atoms. The number of ether oxygens (including phenoxy) is 1. The first kappa shape index (κ1) is 12.3. The number of carbonyl (C=O) groups excluding carboxylic acids is 1. The maximum atomic E-state index is 10.8. The monoisotopic (exact) mass is 257 g/mol. The molecule has 0 radical (unpaired) electrons. The fourth-order valence-corrected chi connectivity index (χ4v) is 3.03. The van der Waals surface area contributed by atoms with Crippen LogP contribution in [0, 0.1) is 5.92 Å². The van der Waals surface area contributed by atoms with Gasteiger partial charge in [-0.1, -0.05) is 18.2 Å². The third kappa shape index (κ3) is 2.50. The minimum Gasteiger partial charge on any atom is -0.466 e. The molecule has 3 nitrogen and oxygen atoms in total. The largest absolute Gasteiger partial charge is 0.466 e. The van der Waals surface area contributed by atoms with Crippen molar-refractivity contribution in [2.45, 2.75) is 32.7 Å². The zero-order chi connectivity index (χ0) is 13.2. The lowest BCUT2D eigenvalue weighted by atomic mass is 9.93. The molecule has 1 atom stereocenters. The van der Waals surface area contributed by atoms with E-state index in [1.165, 1.54) is 29.9 Å². The van der Waals surface area contributed by atoms with Crippen LogP contribution < -0.4 is 0 Å². The molecule has 1 aromatic heterocycles. The first-order chi connectivity index (χ1) is 9.24. The molecule has 0 N–H and O–H groups in total. The Labute approximate surface area is 113 Å². The highest BCUT2D eigenvalue weighted by molar-refractivity contribution is 5.81. The van der Waals surface area contributed by atoms with Crippen LogP contribution in [-0.4, -0.2) is 17.1 Å². The van der Waals surface area contributed by atoms with Crippen molar-refractivity contribution in [2.75, 3.05) is 6.61 Å². The van der Waals surface area contributed by atoms with Gasteiger partial charge in [-0.3, -0.25) is 4.79 Å². The molecule has 1 aromatic carbocycles. The number of nitrogens with zero attached hydrogens (tertiary/aromatic N) is 1. The van der Waals surface area contributed by atoms with E-state index >= 15 is 0 Å². The van der Waals surface area contributed by atoms with Gasteiger partial charge in [0.2, 0.25) is 0 Å². The molecule has 3 rings (SSSR count). The lowest BCUT2D eigenvalue weighted by Crippen LogP contribution is -2.20. The SMILES string of the molecule is CC(=O)OCCC1CCn2c(cc3ccccc32)C1. The standard InChI is InChI=1S/C16H19NO2/c1-12(18)19-9-7-13-6-8-17-15(10-13)11-14-4-2-3-5-16(14)17/h2-5,11,13H,6-10H2,1H3. The van der Waals surface area contributed by atoms with E-state index in [4.69, 9.17) is 4.74 Å². The van der Waals surface area contributed by atoms with Gasteiger partial charge in [-0.15, -0.1) is 0 Å². The highest BCUT2D eigenvalue weighted by atomic mass is 16.5. The van der Waals surface area contributed by atoms with Crippen LogP contribution in [0.25, 0.3) is 10.9 Å². The third-order valence-electron chi connectivity index (χ3n) is 3.99. The normalized spacial score (nSPS) is 18.3. The van der Waals surface area contributed by atoms with E-state index in [-0.39, 0.29) is 5.97 Å². The highest BCUT2D eigenvalue weighted by Crippen LogP contribution is 2.29. The predicted molar refractivity (Wildman–Crippen MR) is 75.0 cm³/mol. The van der Waals surface area contributed by atoms with Gasteiger partial charge in [0, 0.05) is 24.7 Å². The van der Waals surface area contributed by atoms with Crippen molar-refractivity contribution in [3.8, 4) is 0 Å². The van der Waals surface area contributed by atoms with Crippen molar-refractivity contribution >= 4 is 16.9 Å². The summed E-state index contributed by atoms with van der Waals surface area (Å²) >= 11 is 0. The molecular weight excluding hydrogens is 238 g/mol. The molecule has 1 aliphatic heterocycles. The number of fused-ring (bicyclic) bond motifs is 3. The molecule has 1 aliphatic rings. The topological polar surface area (TPSA) is 31.2 Å². The maximum absolute atomic E-state index is 10.8. The lowest BCUT2D eigenvalue weighted by Gasteiger charge is -2.24. The molecule has 1 unspecified atom stereocenters. The van der Waals surface area contributed by atoms with Crippen LogP contribution in [0.3, 0.4) is 0 Å². The third-order valence-corrected chi connectivity index (χ3v) is 3.99. The van der Waals surface area contributed by atoms with Crippen molar-refractivity contribution in [1.29, 1.82) is 0 Å². The first-order valence-electron chi connectivity index (χ1n) is 6.94. The van der Waals surface area contributed by atoms with Gasteiger partial charge in [-0.25, -0.2) is 0 Å². The quantitative estimate of drug-likeness (QED) is 0.791. The van der Waals surface area contributed by atoms with E-state index in [0.717, 1.165) is 19.4 Å². The highest BCUT2D eigenvalue weighted by Gasteiger charge is 2.20. The molecular formula is C16H19NO2. The van der Waals surface area contributed by atoms with E-state index in [2.05, 4.69) is 34.9 Å². The van der Waals surface area contributed by atoms with Crippen molar-refractivity contribution in [3.05, 3.63) is 36.0 Å². The zero-order valence-corrected chi connectivity index (χ0v) is 11.3. The number of esters is 1. The fraction of sp³-hybridized carbons (Fsp3) is 0.438. The van der Waals surface area contributed by atoms with Gasteiger partial charge in [-0.2, -0.15) is 0 Å². The Morgan fingerprint density at radius 1 is 1.42 bits per heavy atom. The Hall–Kier alpha value is -1.77. The Balaban J connectivity index is 1.71. The van der Waals surface area contributed by atoms with E-state index in [9.17, 15) is 4.79 Å². The van der Waals surface area contributed by atoms with Gasteiger partial charge >= 0.3 is 5.97 Å². The van der Waals surface area contributed by atoms with Crippen LogP contribution in [0.1, 0.15) is 25.5 Å². The second kappa shape index (κ2) is 5.08. The number of rotatable bonds is 3. The van der Waals surface area contributed by atoms with Gasteiger partial charge in [0.1, 0.15) is 0 Å². The first-order valence-corrected chi connectivity index (χ1v) is 6.94. The Morgan fingerprint density at radius 2 is 2.26 bits per heavy atom. The molecule has 3 heteroatoms. The molecule has 0 fully saturated rings. The lowest BCUT2D eigenvalue weighted by molar-refractivity contribution is -0.141. The number of aromatic nitrogens is 1. The maximum Gasteiger partial charge on any atom is 0.302 e. The number of carbonyl (C=O) groups is 1. The van der Waals surface area contributed by atoms with E-state index in [1.54, 1.807) is 0 Å². The van der Waals surface area contributed by atoms with E-state index in [1.807, 2.05) is 0 Å². The van der Waals surface area contributed by atoms with Gasteiger partial charge in [-0.05, 0) is 42.7 Å². The molecule has 100 valence electrons. The van der Waals surface area contributed by atoms with Crippen LogP contribution in [0.2, 0.25) is 0 Å². The summed E-state index contributed by atoms with van der Waals surface area (Å²) in [5.41, 5.74) is 2.76. The summed E-state index contributed by atoms with van der Waals surface area (Å²) in [6.07, 6.45) is 3.24. The van der Waals surface area contributed by atoms with E-state index < -0.39 is 0 Å². The summed E-state index contributed by atoms with van der Waals surface area (Å²) in [6.45, 7) is 3.10. The Kier molecular flexibility index (Phi) is 3.28. The van der Waals surface area contributed by atoms with Gasteiger partial charge < -0.3 is 9.30 Å². The average molecular weight is 257 g/mol. The van der Waals surface area contributed by atoms with Crippen LogP contribution in [0.15, 0.2) is 30.3 Å². The minimum atomic E-state index is -0.176. The van der Waals surface area contributed by atoms with Gasteiger partial charge in [0.05, 0.1) is 6.61 Å². The Bertz CT molecular complexity index is 600. The summed E-state index contributed by atoms with van der Waals surface area (Å²) in [5.74, 6) is 0.459. The van der Waals surface area contributed by atoms with Crippen LogP contribution in [-0.2, 0) is 22.5 Å². The average Bonchev–Trinajstić information content (AvgIpc) is 2.76. The van der Waals surface area contributed by atoms with Crippen LogP contribution in [0.4, 0.5) is 0 Å². The predicted octanol–water partition coefficient (Wildman–Crippen LogP) is 3.16. The summed E-state index contributed by atoms with van der Waals surface area (Å²) in [4.78, 5) is 10.8. The molecule has 0 aliphatic carbocycles. The molecule has 0 saturated heterocycles. The molecule has 2 aromatic rings. The summed E-state index contributed by atoms with van der Waals surface area (Å²) in [7, 11) is 0. The summed E-state index contributed by atoms with van der Waals surface area (Å²) < 4.78 is 7.47. The molecule has 19 heavy (non-hydrogen) atoms. The van der Waals surface area contributed by atoms with Crippen molar-refractivity contribution < 1.29 is 9.53 Å². The molecule has 0 saturated carbocycles. The second-order valence-corrected chi connectivity index (χ2v) is 5.33. The number of aryl methyl sites for hydroxylation is 1. The summed E-state index contributed by atoms with van der Waals surface area (Å²) in [6, 6.07) is 10.9. The second-order valence-electron chi connectivity index (χ2n) is 5.33. The molecule has 2 heterocycles. The Morgan fingerprint density at radius 3 is 3.11 bits per heavy atom. The number of para-hydroxylation sites is 1. The van der Waals surface area contributed by atoms with Crippen molar-refractivity contribution in [2.24, 2.45) is 5.92 Å². The van der Waals surface area contributed by atoms with Crippen molar-refractivity contribution in [3.63, 3.8) is 0 Å².